The minimum atomic E-state index is -0.0810. The Balaban J connectivity index is 3.23. The average molecular weight is 97.1 g/mol. The van der Waals surface area contributed by atoms with Crippen molar-refractivity contribution in [2.45, 2.75) is 6.42 Å². The van der Waals surface area contributed by atoms with E-state index in [2.05, 4.69) is 5.92 Å². The minimum absolute atomic E-state index is 0.0597. The fraction of sp³-hybridized carbons (Fsp3) is 0.400. The van der Waals surface area contributed by atoms with E-state index in [4.69, 9.17) is 12.2 Å². The van der Waals surface area contributed by atoms with Crippen LogP contribution in [0.25, 0.3) is 0 Å². The molecule has 0 saturated carbocycles. The van der Waals surface area contributed by atoms with Gasteiger partial charge < -0.3 is 5.73 Å². The first kappa shape index (κ1) is 6.19. The molecule has 38 valence electrons. The van der Waals surface area contributed by atoms with Crippen LogP contribution in [0.4, 0.5) is 0 Å². The second-order valence-corrected chi connectivity index (χ2v) is 1.12. The van der Waals surface area contributed by atoms with Crippen molar-refractivity contribution in [3.8, 4) is 12.3 Å². The van der Waals surface area contributed by atoms with E-state index < -0.39 is 0 Å². The van der Waals surface area contributed by atoms with E-state index >= 15 is 0 Å². The third-order valence-electron chi connectivity index (χ3n) is 0.527. The molecule has 2 N–H and O–H groups in total. The van der Waals surface area contributed by atoms with Crippen molar-refractivity contribution < 1.29 is 4.79 Å². The standard InChI is InChI=1S/C5H7NO/c1-2-3-5(7)4-6/h1H,3-4,6H2. The van der Waals surface area contributed by atoms with E-state index in [0.29, 0.717) is 0 Å². The number of carbonyl (C=O) groups is 1. The van der Waals surface area contributed by atoms with Gasteiger partial charge in [0.2, 0.25) is 0 Å². The van der Waals surface area contributed by atoms with Gasteiger partial charge in [-0.2, -0.15) is 0 Å². The van der Waals surface area contributed by atoms with Gasteiger partial charge in [-0.15, -0.1) is 6.42 Å². The first-order chi connectivity index (χ1) is 3.31. The number of terminal acetylenes is 1. The van der Waals surface area contributed by atoms with E-state index in [1.807, 2.05) is 0 Å². The second-order valence-electron chi connectivity index (χ2n) is 1.12. The lowest BCUT2D eigenvalue weighted by Gasteiger charge is -1.82. The summed E-state index contributed by atoms with van der Waals surface area (Å²) < 4.78 is 0. The molecule has 0 heterocycles. The minimum Gasteiger partial charge on any atom is -0.324 e. The Morgan fingerprint density at radius 2 is 2.43 bits per heavy atom. The Bertz CT molecular complexity index is 101. The van der Waals surface area contributed by atoms with Crippen molar-refractivity contribution in [3.05, 3.63) is 0 Å². The SMILES string of the molecule is C#CCC(=O)CN. The molecular weight excluding hydrogens is 90.1 g/mol. The van der Waals surface area contributed by atoms with Crippen molar-refractivity contribution in [2.75, 3.05) is 6.54 Å². The third-order valence-corrected chi connectivity index (χ3v) is 0.527. The Kier molecular flexibility index (Phi) is 2.99. The highest BCUT2D eigenvalue weighted by Gasteiger charge is 1.89. The predicted molar refractivity (Wildman–Crippen MR) is 27.5 cm³/mol. The molecule has 0 aliphatic carbocycles. The molecule has 2 heteroatoms. The van der Waals surface area contributed by atoms with E-state index in [0.717, 1.165) is 0 Å². The molecular formula is C5H7NO. The van der Waals surface area contributed by atoms with E-state index in [9.17, 15) is 4.79 Å². The summed E-state index contributed by atoms with van der Waals surface area (Å²) in [6, 6.07) is 0. The van der Waals surface area contributed by atoms with Gasteiger partial charge in [0.25, 0.3) is 0 Å². The molecule has 0 spiro atoms. The highest BCUT2D eigenvalue weighted by atomic mass is 16.1. The maximum atomic E-state index is 10.1. The highest BCUT2D eigenvalue weighted by Crippen LogP contribution is 1.72. The number of hydrogen-bond acceptors (Lipinski definition) is 2. The second kappa shape index (κ2) is 3.38. The Labute approximate surface area is 42.7 Å². The lowest BCUT2D eigenvalue weighted by molar-refractivity contribution is -0.116. The van der Waals surface area contributed by atoms with Gasteiger partial charge in [-0.3, -0.25) is 4.79 Å². The summed E-state index contributed by atoms with van der Waals surface area (Å²) in [5, 5.41) is 0. The van der Waals surface area contributed by atoms with Gasteiger partial charge in [-0.25, -0.2) is 0 Å². The Morgan fingerprint density at radius 1 is 1.86 bits per heavy atom. The normalized spacial score (nSPS) is 7.43. The number of Topliss-reactive ketones (excluding diaryl/α,β-unsaturated/α-hetero) is 1. The Hall–Kier alpha value is -0.810. The van der Waals surface area contributed by atoms with Crippen LogP contribution in [0, 0.1) is 12.3 Å². The molecule has 0 aliphatic rings. The molecule has 0 aromatic carbocycles. The van der Waals surface area contributed by atoms with Crippen molar-refractivity contribution in [1.29, 1.82) is 0 Å². The molecule has 0 aromatic heterocycles. The van der Waals surface area contributed by atoms with Crippen LogP contribution in [0.3, 0.4) is 0 Å². The van der Waals surface area contributed by atoms with Crippen LogP contribution in [-0.4, -0.2) is 12.3 Å². The molecule has 0 aliphatic heterocycles. The van der Waals surface area contributed by atoms with Crippen LogP contribution in [0.2, 0.25) is 0 Å². The molecule has 0 saturated heterocycles. The summed E-state index contributed by atoms with van der Waals surface area (Å²) in [6.07, 6.45) is 4.94. The van der Waals surface area contributed by atoms with E-state index in [1.54, 1.807) is 0 Å². The summed E-state index contributed by atoms with van der Waals surface area (Å²) in [7, 11) is 0. The van der Waals surface area contributed by atoms with Gasteiger partial charge in [0, 0.05) is 0 Å². The zero-order chi connectivity index (χ0) is 5.70. The molecule has 0 atom stereocenters. The van der Waals surface area contributed by atoms with Crippen LogP contribution in [0.5, 0.6) is 0 Å². The van der Waals surface area contributed by atoms with Crippen LogP contribution < -0.4 is 5.73 Å². The summed E-state index contributed by atoms with van der Waals surface area (Å²) >= 11 is 0. The van der Waals surface area contributed by atoms with Gasteiger partial charge in [-0.05, 0) is 0 Å². The van der Waals surface area contributed by atoms with Crippen molar-refractivity contribution in [1.82, 2.24) is 0 Å². The Morgan fingerprint density at radius 3 is 2.57 bits per heavy atom. The smallest absolute Gasteiger partial charge is 0.158 e. The zero-order valence-corrected chi connectivity index (χ0v) is 3.98. The molecule has 7 heavy (non-hydrogen) atoms. The topological polar surface area (TPSA) is 43.1 Å². The third kappa shape index (κ3) is 3.01. The molecule has 0 radical (unpaired) electrons. The quantitative estimate of drug-likeness (QED) is 0.474. The lowest BCUT2D eigenvalue weighted by atomic mass is 10.3. The van der Waals surface area contributed by atoms with Crippen molar-refractivity contribution in [3.63, 3.8) is 0 Å². The highest BCUT2D eigenvalue weighted by molar-refractivity contribution is 5.82. The van der Waals surface area contributed by atoms with Gasteiger partial charge in [0.05, 0.1) is 13.0 Å². The van der Waals surface area contributed by atoms with Gasteiger partial charge in [-0.1, -0.05) is 5.92 Å². The zero-order valence-electron chi connectivity index (χ0n) is 3.98. The molecule has 0 aromatic rings. The molecule has 0 amide bonds. The van der Waals surface area contributed by atoms with Crippen LogP contribution in [0.15, 0.2) is 0 Å². The number of hydrogen-bond donors (Lipinski definition) is 1. The van der Waals surface area contributed by atoms with E-state index in [-0.39, 0.29) is 18.7 Å². The van der Waals surface area contributed by atoms with Crippen LogP contribution in [-0.2, 0) is 4.79 Å². The monoisotopic (exact) mass is 97.1 g/mol. The van der Waals surface area contributed by atoms with Gasteiger partial charge in [0.15, 0.2) is 5.78 Å². The number of ketones is 1. The first-order valence-electron chi connectivity index (χ1n) is 1.96. The number of nitrogens with two attached hydrogens (primary N) is 1. The average Bonchev–Trinajstić information content (AvgIpc) is 1.68. The maximum Gasteiger partial charge on any atom is 0.158 e. The lowest BCUT2D eigenvalue weighted by Crippen LogP contribution is -2.11. The summed E-state index contributed by atoms with van der Waals surface area (Å²) in [5.41, 5.74) is 4.91. The fourth-order valence-electron chi connectivity index (χ4n) is 0.186. The van der Waals surface area contributed by atoms with Crippen LogP contribution >= 0.6 is 0 Å². The van der Waals surface area contributed by atoms with Crippen LogP contribution in [0.1, 0.15) is 6.42 Å². The van der Waals surface area contributed by atoms with Gasteiger partial charge >= 0.3 is 0 Å². The largest absolute Gasteiger partial charge is 0.324 e. The molecule has 0 rings (SSSR count). The van der Waals surface area contributed by atoms with Gasteiger partial charge in [0.1, 0.15) is 0 Å². The molecule has 0 unspecified atom stereocenters. The fourth-order valence-corrected chi connectivity index (χ4v) is 0.186. The van der Waals surface area contributed by atoms with Crippen molar-refractivity contribution >= 4 is 5.78 Å². The molecule has 2 nitrogen and oxygen atoms in total. The molecule has 0 fully saturated rings. The first-order valence-corrected chi connectivity index (χ1v) is 1.96. The van der Waals surface area contributed by atoms with E-state index in [1.165, 1.54) is 0 Å². The predicted octanol–water partition coefficient (Wildman–Crippen LogP) is -0.463. The summed E-state index contributed by atoms with van der Waals surface area (Å²) in [5.74, 6) is 2.11. The summed E-state index contributed by atoms with van der Waals surface area (Å²) in [6.45, 7) is 0.0597. The van der Waals surface area contributed by atoms with Crippen molar-refractivity contribution in [2.24, 2.45) is 5.73 Å². The summed E-state index contributed by atoms with van der Waals surface area (Å²) in [4.78, 5) is 10.1. The number of rotatable bonds is 2. The number of carbonyl (C=O) groups excluding carboxylic acids is 1. The molecule has 0 bridgehead atoms. The maximum absolute atomic E-state index is 10.1.